The van der Waals surface area contributed by atoms with Gasteiger partial charge in [-0.25, -0.2) is 4.52 Å². The molecule has 5 rings (SSSR count). The van der Waals surface area contributed by atoms with Crippen molar-refractivity contribution in [3.8, 4) is 17.0 Å². The number of benzene rings is 2. The molecule has 174 valence electrons. The van der Waals surface area contributed by atoms with E-state index in [0.717, 1.165) is 34.9 Å². The number of pyridine rings is 1. The summed E-state index contributed by atoms with van der Waals surface area (Å²) in [6.07, 6.45) is 6.31. The topological polar surface area (TPSA) is 80.5 Å². The molecule has 1 fully saturated rings. The molecule has 0 bridgehead atoms. The number of anilines is 2. The second-order valence-corrected chi connectivity index (χ2v) is 8.76. The van der Waals surface area contributed by atoms with E-state index in [0.29, 0.717) is 17.4 Å². The predicted molar refractivity (Wildman–Crippen MR) is 134 cm³/mol. The van der Waals surface area contributed by atoms with Crippen LogP contribution in [-0.2, 0) is 0 Å². The molecule has 0 radical (unpaired) electrons. The maximum Gasteiger partial charge on any atom is 0.251 e. The molecule has 1 saturated carbocycles. The Kier molecular flexibility index (Phi) is 6.42. The lowest BCUT2D eigenvalue weighted by molar-refractivity contribution is 0.0943. The number of aromatic nitrogens is 3. The third-order valence-electron chi connectivity index (χ3n) is 6.40. The number of carbonyl (C=O) groups excluding carboxylic acids is 1. The first-order valence-electron chi connectivity index (χ1n) is 11.8. The Hall–Kier alpha value is -3.87. The van der Waals surface area contributed by atoms with Gasteiger partial charge in [0.25, 0.3) is 5.91 Å². The zero-order valence-electron chi connectivity index (χ0n) is 19.3. The molecular weight excluding hydrogens is 426 g/mol. The fraction of sp³-hybridized carbons (Fsp3) is 0.296. The molecule has 7 heteroatoms. The van der Waals surface area contributed by atoms with Gasteiger partial charge in [0.05, 0.1) is 12.8 Å². The largest absolute Gasteiger partial charge is 0.497 e. The smallest absolute Gasteiger partial charge is 0.251 e. The van der Waals surface area contributed by atoms with Crippen molar-refractivity contribution in [1.82, 2.24) is 19.9 Å². The van der Waals surface area contributed by atoms with Crippen LogP contribution in [0.4, 0.5) is 11.6 Å². The number of hydrogen-bond acceptors (Lipinski definition) is 5. The Morgan fingerprint density at radius 3 is 2.62 bits per heavy atom. The van der Waals surface area contributed by atoms with Crippen molar-refractivity contribution in [2.75, 3.05) is 19.0 Å². The van der Waals surface area contributed by atoms with E-state index < -0.39 is 0 Å². The van der Waals surface area contributed by atoms with Crippen LogP contribution in [0.3, 0.4) is 0 Å². The molecule has 1 aliphatic rings. The van der Waals surface area contributed by atoms with Gasteiger partial charge in [-0.1, -0.05) is 37.5 Å². The van der Waals surface area contributed by atoms with Crippen LogP contribution in [0.25, 0.3) is 16.9 Å². The molecule has 0 spiro atoms. The van der Waals surface area contributed by atoms with Gasteiger partial charge in [-0.15, -0.1) is 5.10 Å². The molecule has 0 saturated heterocycles. The summed E-state index contributed by atoms with van der Waals surface area (Å²) in [5.41, 5.74) is 4.13. The number of amides is 1. The number of rotatable bonds is 7. The van der Waals surface area contributed by atoms with Crippen LogP contribution in [0.2, 0.25) is 0 Å². The molecule has 4 aromatic rings. The number of nitrogens with zero attached hydrogens (tertiary/aromatic N) is 3. The summed E-state index contributed by atoms with van der Waals surface area (Å²) < 4.78 is 7.17. The average molecular weight is 456 g/mol. The second-order valence-electron chi connectivity index (χ2n) is 8.76. The zero-order chi connectivity index (χ0) is 23.3. The Morgan fingerprint density at radius 1 is 1.03 bits per heavy atom. The van der Waals surface area contributed by atoms with Gasteiger partial charge in [0, 0.05) is 23.4 Å². The van der Waals surface area contributed by atoms with Gasteiger partial charge in [-0.3, -0.25) is 4.79 Å². The van der Waals surface area contributed by atoms with E-state index in [1.165, 1.54) is 32.1 Å². The van der Waals surface area contributed by atoms with Crippen LogP contribution >= 0.6 is 0 Å². The number of methoxy groups -OCH3 is 1. The Balaban J connectivity index is 1.28. The standard InChI is InChI=1S/C27H29N5O2/c1-34-23-10-5-9-21(17-23)24-11-6-12-25-30-27(31-32(24)25)29-22-15-13-20(14-16-22)26(33)28-18-19-7-3-2-4-8-19/h5-6,9-17,19H,2-4,7-8,18H2,1H3,(H,28,33)(H,29,31). The van der Waals surface area contributed by atoms with E-state index in [2.05, 4.69) is 20.7 Å². The number of fused-ring (bicyclic) bond motifs is 1. The summed E-state index contributed by atoms with van der Waals surface area (Å²) in [7, 11) is 1.66. The van der Waals surface area contributed by atoms with Gasteiger partial charge >= 0.3 is 0 Å². The van der Waals surface area contributed by atoms with Crippen LogP contribution < -0.4 is 15.4 Å². The quantitative estimate of drug-likeness (QED) is 0.387. The summed E-state index contributed by atoms with van der Waals surface area (Å²) in [4.78, 5) is 17.1. The minimum Gasteiger partial charge on any atom is -0.497 e. The number of hydrogen-bond donors (Lipinski definition) is 2. The van der Waals surface area contributed by atoms with Crippen molar-refractivity contribution in [3.05, 3.63) is 72.3 Å². The van der Waals surface area contributed by atoms with Crippen LogP contribution in [-0.4, -0.2) is 34.2 Å². The molecule has 0 aliphatic heterocycles. The van der Waals surface area contributed by atoms with Gasteiger partial charge in [-0.2, -0.15) is 4.98 Å². The molecule has 1 amide bonds. The second kappa shape index (κ2) is 9.95. The van der Waals surface area contributed by atoms with Crippen molar-refractivity contribution >= 4 is 23.2 Å². The SMILES string of the molecule is COc1cccc(-c2cccc3nc(Nc4ccc(C(=O)NCC5CCCCC5)cc4)nn23)c1. The monoisotopic (exact) mass is 455 g/mol. The molecule has 7 nitrogen and oxygen atoms in total. The molecule has 2 aromatic heterocycles. The first-order chi connectivity index (χ1) is 16.7. The summed E-state index contributed by atoms with van der Waals surface area (Å²) in [6, 6.07) is 21.2. The summed E-state index contributed by atoms with van der Waals surface area (Å²) in [6.45, 7) is 0.764. The average Bonchev–Trinajstić information content (AvgIpc) is 3.31. The Labute approximate surface area is 199 Å². The van der Waals surface area contributed by atoms with Gasteiger partial charge < -0.3 is 15.4 Å². The highest BCUT2D eigenvalue weighted by atomic mass is 16.5. The van der Waals surface area contributed by atoms with Crippen LogP contribution in [0, 0.1) is 5.92 Å². The summed E-state index contributed by atoms with van der Waals surface area (Å²) in [5.74, 6) is 1.87. The van der Waals surface area contributed by atoms with E-state index in [9.17, 15) is 4.79 Å². The Morgan fingerprint density at radius 2 is 1.82 bits per heavy atom. The maximum absolute atomic E-state index is 12.5. The summed E-state index contributed by atoms with van der Waals surface area (Å²) >= 11 is 0. The first kappa shape index (κ1) is 21.9. The minimum atomic E-state index is -0.0223. The molecule has 0 unspecified atom stereocenters. The van der Waals surface area contributed by atoms with Crippen molar-refractivity contribution in [1.29, 1.82) is 0 Å². The third-order valence-corrected chi connectivity index (χ3v) is 6.40. The molecule has 0 atom stereocenters. The summed E-state index contributed by atoms with van der Waals surface area (Å²) in [5, 5.41) is 11.0. The van der Waals surface area contributed by atoms with E-state index in [-0.39, 0.29) is 5.91 Å². The van der Waals surface area contributed by atoms with E-state index in [1.807, 2.05) is 71.2 Å². The fourth-order valence-corrected chi connectivity index (χ4v) is 4.52. The predicted octanol–water partition coefficient (Wildman–Crippen LogP) is 5.46. The maximum atomic E-state index is 12.5. The van der Waals surface area contributed by atoms with Gasteiger partial charge in [-0.05, 0) is 67.3 Å². The molecule has 2 aromatic carbocycles. The number of ether oxygens (including phenoxy) is 1. The number of nitrogens with one attached hydrogen (secondary N) is 2. The highest BCUT2D eigenvalue weighted by Crippen LogP contribution is 2.26. The normalized spacial score (nSPS) is 14.1. The molecular formula is C27H29N5O2. The Bertz CT molecular complexity index is 1280. The van der Waals surface area contributed by atoms with Crippen molar-refractivity contribution in [2.24, 2.45) is 5.92 Å². The van der Waals surface area contributed by atoms with Crippen LogP contribution in [0.1, 0.15) is 42.5 Å². The molecule has 34 heavy (non-hydrogen) atoms. The zero-order valence-corrected chi connectivity index (χ0v) is 19.3. The highest BCUT2D eigenvalue weighted by molar-refractivity contribution is 5.94. The third kappa shape index (κ3) is 4.88. The fourth-order valence-electron chi connectivity index (χ4n) is 4.52. The van der Waals surface area contributed by atoms with E-state index >= 15 is 0 Å². The lowest BCUT2D eigenvalue weighted by atomic mass is 9.89. The minimum absolute atomic E-state index is 0.0223. The van der Waals surface area contributed by atoms with Crippen LogP contribution in [0.15, 0.2) is 66.7 Å². The lowest BCUT2D eigenvalue weighted by Gasteiger charge is -2.21. The van der Waals surface area contributed by atoms with Gasteiger partial charge in [0.2, 0.25) is 5.95 Å². The van der Waals surface area contributed by atoms with Crippen molar-refractivity contribution in [3.63, 3.8) is 0 Å². The van der Waals surface area contributed by atoms with E-state index in [4.69, 9.17) is 4.74 Å². The molecule has 1 aliphatic carbocycles. The highest BCUT2D eigenvalue weighted by Gasteiger charge is 2.15. The lowest BCUT2D eigenvalue weighted by Crippen LogP contribution is -2.30. The van der Waals surface area contributed by atoms with Gasteiger partial charge in [0.1, 0.15) is 5.75 Å². The van der Waals surface area contributed by atoms with Gasteiger partial charge in [0.15, 0.2) is 5.65 Å². The number of carbonyl (C=O) groups is 1. The van der Waals surface area contributed by atoms with Crippen LogP contribution in [0.5, 0.6) is 5.75 Å². The van der Waals surface area contributed by atoms with Crippen molar-refractivity contribution in [2.45, 2.75) is 32.1 Å². The van der Waals surface area contributed by atoms with Crippen molar-refractivity contribution < 1.29 is 9.53 Å². The molecule has 2 heterocycles. The van der Waals surface area contributed by atoms with E-state index in [1.54, 1.807) is 7.11 Å². The first-order valence-corrected chi connectivity index (χ1v) is 11.8. The molecule has 2 N–H and O–H groups in total.